The third-order valence-electron chi connectivity index (χ3n) is 5.26. The molecular formula is C22H24F2N2O2. The summed E-state index contributed by atoms with van der Waals surface area (Å²) in [6.45, 7) is 0.501. The summed E-state index contributed by atoms with van der Waals surface area (Å²) in [5.74, 6) is -1.11. The molecule has 4 nitrogen and oxygen atoms in total. The number of aryl methyl sites for hydroxylation is 1. The Morgan fingerprint density at radius 3 is 2.32 bits per heavy atom. The number of rotatable bonds is 6. The first-order valence-corrected chi connectivity index (χ1v) is 9.49. The highest BCUT2D eigenvalue weighted by Gasteiger charge is 2.38. The summed E-state index contributed by atoms with van der Waals surface area (Å²) in [5, 5.41) is 2.96. The fourth-order valence-corrected chi connectivity index (χ4v) is 3.71. The van der Waals surface area contributed by atoms with Crippen LogP contribution in [0, 0.1) is 17.6 Å². The normalized spacial score (nSPS) is 19.5. The van der Waals surface area contributed by atoms with Gasteiger partial charge in [0.05, 0.1) is 12.0 Å². The average Bonchev–Trinajstić information content (AvgIpc) is 2.69. The van der Waals surface area contributed by atoms with Crippen LogP contribution >= 0.6 is 0 Å². The number of amides is 2. The second kappa shape index (κ2) is 8.95. The Hall–Kier alpha value is -2.76. The van der Waals surface area contributed by atoms with Gasteiger partial charge >= 0.3 is 0 Å². The van der Waals surface area contributed by atoms with Crippen LogP contribution in [0.4, 0.5) is 8.78 Å². The monoisotopic (exact) mass is 386 g/mol. The first-order chi connectivity index (χ1) is 13.5. The smallest absolute Gasteiger partial charge is 0.225 e. The van der Waals surface area contributed by atoms with Crippen LogP contribution in [0.5, 0.6) is 0 Å². The molecule has 1 N–H and O–H groups in total. The van der Waals surface area contributed by atoms with Crippen molar-refractivity contribution in [1.29, 1.82) is 0 Å². The minimum Gasteiger partial charge on any atom is -0.356 e. The van der Waals surface area contributed by atoms with E-state index in [-0.39, 0.29) is 29.4 Å². The van der Waals surface area contributed by atoms with Crippen molar-refractivity contribution in [2.75, 3.05) is 13.6 Å². The van der Waals surface area contributed by atoms with E-state index in [2.05, 4.69) is 5.32 Å². The predicted octanol–water partition coefficient (Wildman–Crippen LogP) is 3.62. The zero-order chi connectivity index (χ0) is 20.1. The Bertz CT molecular complexity index is 821. The van der Waals surface area contributed by atoms with E-state index in [1.165, 1.54) is 24.3 Å². The van der Waals surface area contributed by atoms with Gasteiger partial charge in [0.2, 0.25) is 11.8 Å². The van der Waals surface area contributed by atoms with Gasteiger partial charge in [0.15, 0.2) is 0 Å². The topological polar surface area (TPSA) is 49.4 Å². The number of nitrogens with zero attached hydrogens (tertiary/aromatic N) is 1. The summed E-state index contributed by atoms with van der Waals surface area (Å²) < 4.78 is 26.2. The van der Waals surface area contributed by atoms with E-state index in [1.54, 1.807) is 36.2 Å². The van der Waals surface area contributed by atoms with Gasteiger partial charge in [-0.15, -0.1) is 0 Å². The van der Waals surface area contributed by atoms with Crippen LogP contribution in [0.1, 0.15) is 36.4 Å². The standard InChI is InChI=1S/C22H24F2N2O2/c1-26-20(27)13-12-19(21(26)16-6-10-18(24)11-7-16)22(28)25-14-2-3-15-4-8-17(23)9-5-15/h4-11,19,21H,2-3,12-14H2,1H3,(H,25,28)/t19-,21-/m1/s1. The molecule has 0 spiro atoms. The van der Waals surface area contributed by atoms with Crippen LogP contribution < -0.4 is 5.32 Å². The second-order valence-corrected chi connectivity index (χ2v) is 7.17. The molecule has 0 bridgehead atoms. The molecular weight excluding hydrogens is 362 g/mol. The Morgan fingerprint density at radius 1 is 1.07 bits per heavy atom. The first-order valence-electron chi connectivity index (χ1n) is 9.49. The van der Waals surface area contributed by atoms with Gasteiger partial charge in [0, 0.05) is 20.0 Å². The molecule has 1 saturated heterocycles. The molecule has 1 heterocycles. The average molecular weight is 386 g/mol. The highest BCUT2D eigenvalue weighted by atomic mass is 19.1. The molecule has 1 fully saturated rings. The fraction of sp³-hybridized carbons (Fsp3) is 0.364. The molecule has 0 aromatic heterocycles. The molecule has 0 radical (unpaired) electrons. The summed E-state index contributed by atoms with van der Waals surface area (Å²) in [5.41, 5.74) is 1.77. The van der Waals surface area contributed by atoms with Crippen molar-refractivity contribution in [2.45, 2.75) is 31.7 Å². The van der Waals surface area contributed by atoms with Gasteiger partial charge in [0.25, 0.3) is 0 Å². The first kappa shape index (κ1) is 20.0. The molecule has 2 aromatic carbocycles. The number of hydrogen-bond acceptors (Lipinski definition) is 2. The molecule has 0 unspecified atom stereocenters. The zero-order valence-corrected chi connectivity index (χ0v) is 15.8. The van der Waals surface area contributed by atoms with Crippen LogP contribution in [-0.4, -0.2) is 30.3 Å². The maximum atomic E-state index is 13.3. The summed E-state index contributed by atoms with van der Waals surface area (Å²) >= 11 is 0. The number of hydrogen-bond donors (Lipinski definition) is 1. The third-order valence-corrected chi connectivity index (χ3v) is 5.26. The lowest BCUT2D eigenvalue weighted by Gasteiger charge is -2.38. The number of halogens is 2. The quantitative estimate of drug-likeness (QED) is 0.771. The van der Waals surface area contributed by atoms with Gasteiger partial charge in [-0.1, -0.05) is 24.3 Å². The number of nitrogens with one attached hydrogen (secondary N) is 1. The summed E-state index contributed by atoms with van der Waals surface area (Å²) in [6.07, 6.45) is 2.27. The van der Waals surface area contributed by atoms with Crippen molar-refractivity contribution in [3.63, 3.8) is 0 Å². The number of likely N-dealkylation sites (tertiary alicyclic amines) is 1. The van der Waals surface area contributed by atoms with Crippen LogP contribution in [0.25, 0.3) is 0 Å². The highest BCUT2D eigenvalue weighted by Crippen LogP contribution is 2.35. The van der Waals surface area contributed by atoms with E-state index in [4.69, 9.17) is 0 Å². The number of carbonyl (C=O) groups is 2. The van der Waals surface area contributed by atoms with E-state index in [9.17, 15) is 18.4 Å². The molecule has 2 atom stereocenters. The van der Waals surface area contributed by atoms with Crippen LogP contribution in [0.3, 0.4) is 0 Å². The number of carbonyl (C=O) groups excluding carboxylic acids is 2. The SMILES string of the molecule is CN1C(=O)CC[C@@H](C(=O)NCCCc2ccc(F)cc2)[C@H]1c1ccc(F)cc1. The van der Waals surface area contributed by atoms with Gasteiger partial charge in [-0.2, -0.15) is 0 Å². The largest absolute Gasteiger partial charge is 0.356 e. The summed E-state index contributed by atoms with van der Waals surface area (Å²) in [6, 6.07) is 11.9. The zero-order valence-electron chi connectivity index (χ0n) is 15.8. The van der Waals surface area contributed by atoms with Crippen LogP contribution in [-0.2, 0) is 16.0 Å². The molecule has 6 heteroatoms. The van der Waals surface area contributed by atoms with Gasteiger partial charge < -0.3 is 10.2 Å². The van der Waals surface area contributed by atoms with Gasteiger partial charge in [-0.05, 0) is 54.7 Å². The van der Waals surface area contributed by atoms with E-state index < -0.39 is 6.04 Å². The number of benzene rings is 2. The molecule has 0 aliphatic carbocycles. The molecule has 2 aromatic rings. The molecule has 1 aliphatic rings. The van der Waals surface area contributed by atoms with Crippen molar-refractivity contribution < 1.29 is 18.4 Å². The third kappa shape index (κ3) is 4.74. The Kier molecular flexibility index (Phi) is 6.39. The molecule has 148 valence electrons. The molecule has 2 amide bonds. The summed E-state index contributed by atoms with van der Waals surface area (Å²) in [4.78, 5) is 26.5. The van der Waals surface area contributed by atoms with E-state index in [1.807, 2.05) is 0 Å². The highest BCUT2D eigenvalue weighted by molar-refractivity contribution is 5.84. The predicted molar refractivity (Wildman–Crippen MR) is 102 cm³/mol. The van der Waals surface area contributed by atoms with Gasteiger partial charge in [0.1, 0.15) is 11.6 Å². The maximum absolute atomic E-state index is 13.3. The van der Waals surface area contributed by atoms with Crippen molar-refractivity contribution in [1.82, 2.24) is 10.2 Å². The van der Waals surface area contributed by atoms with E-state index in [0.717, 1.165) is 24.0 Å². The minimum atomic E-state index is -0.404. The van der Waals surface area contributed by atoms with Crippen LogP contribution in [0.15, 0.2) is 48.5 Å². The van der Waals surface area contributed by atoms with E-state index in [0.29, 0.717) is 19.4 Å². The Balaban J connectivity index is 1.60. The van der Waals surface area contributed by atoms with Crippen molar-refractivity contribution in [3.05, 3.63) is 71.3 Å². The molecule has 3 rings (SSSR count). The minimum absolute atomic E-state index is 0.0188. The van der Waals surface area contributed by atoms with E-state index >= 15 is 0 Å². The Morgan fingerprint density at radius 2 is 1.68 bits per heavy atom. The molecule has 28 heavy (non-hydrogen) atoms. The van der Waals surface area contributed by atoms with Crippen molar-refractivity contribution >= 4 is 11.8 Å². The second-order valence-electron chi connectivity index (χ2n) is 7.17. The van der Waals surface area contributed by atoms with Crippen molar-refractivity contribution in [2.24, 2.45) is 5.92 Å². The fourth-order valence-electron chi connectivity index (χ4n) is 3.71. The van der Waals surface area contributed by atoms with Crippen molar-refractivity contribution in [3.8, 4) is 0 Å². The Labute approximate surface area is 163 Å². The van der Waals surface area contributed by atoms with Gasteiger partial charge in [-0.3, -0.25) is 9.59 Å². The number of piperidine rings is 1. The lowest BCUT2D eigenvalue weighted by Crippen LogP contribution is -2.46. The lowest BCUT2D eigenvalue weighted by atomic mass is 9.84. The lowest BCUT2D eigenvalue weighted by molar-refractivity contribution is -0.141. The molecule has 0 saturated carbocycles. The van der Waals surface area contributed by atoms with Crippen LogP contribution in [0.2, 0.25) is 0 Å². The summed E-state index contributed by atoms with van der Waals surface area (Å²) in [7, 11) is 1.68. The maximum Gasteiger partial charge on any atom is 0.225 e. The molecule has 1 aliphatic heterocycles. The van der Waals surface area contributed by atoms with Gasteiger partial charge in [-0.25, -0.2) is 8.78 Å².